The minimum Gasteiger partial charge on any atom is -0.312 e. The van der Waals surface area contributed by atoms with Gasteiger partial charge >= 0.3 is 0 Å². The van der Waals surface area contributed by atoms with Crippen molar-refractivity contribution in [3.05, 3.63) is 16.1 Å². The fourth-order valence-corrected chi connectivity index (χ4v) is 3.53. The molecule has 0 radical (unpaired) electrons. The van der Waals surface area contributed by atoms with Crippen LogP contribution in [0.2, 0.25) is 0 Å². The predicted octanol–water partition coefficient (Wildman–Crippen LogP) is 3.06. The van der Waals surface area contributed by atoms with E-state index in [2.05, 4.69) is 29.0 Å². The molecule has 1 saturated heterocycles. The summed E-state index contributed by atoms with van der Waals surface area (Å²) in [5.74, 6) is 0. The summed E-state index contributed by atoms with van der Waals surface area (Å²) in [6, 6.07) is 0.794. The predicted molar refractivity (Wildman–Crippen MR) is 82.7 cm³/mol. The molecule has 1 N–H and O–H groups in total. The summed E-state index contributed by atoms with van der Waals surface area (Å²) in [5, 5.41) is 4.79. The number of rotatable bonds is 7. The fourth-order valence-electron chi connectivity index (χ4n) is 2.70. The van der Waals surface area contributed by atoms with Crippen molar-refractivity contribution in [3.63, 3.8) is 0 Å². The molecular formula is C15H27N3S. The Labute approximate surface area is 121 Å². The first-order valence-electron chi connectivity index (χ1n) is 7.68. The van der Waals surface area contributed by atoms with Crippen molar-refractivity contribution in [2.75, 3.05) is 19.6 Å². The molecule has 3 nitrogen and oxygen atoms in total. The molecule has 0 bridgehead atoms. The molecule has 4 heteroatoms. The van der Waals surface area contributed by atoms with Crippen LogP contribution >= 0.6 is 11.3 Å². The van der Waals surface area contributed by atoms with Gasteiger partial charge in [-0.1, -0.05) is 13.3 Å². The Hall–Kier alpha value is -0.450. The van der Waals surface area contributed by atoms with Crippen LogP contribution in [-0.2, 0) is 13.0 Å². The highest BCUT2D eigenvalue weighted by Gasteiger charge is 2.16. The van der Waals surface area contributed by atoms with Crippen molar-refractivity contribution in [1.29, 1.82) is 0 Å². The molecule has 0 spiro atoms. The van der Waals surface area contributed by atoms with E-state index in [-0.39, 0.29) is 0 Å². The van der Waals surface area contributed by atoms with Gasteiger partial charge in [0.15, 0.2) is 0 Å². The maximum atomic E-state index is 4.39. The van der Waals surface area contributed by atoms with Gasteiger partial charge in [0.2, 0.25) is 0 Å². The molecular weight excluding hydrogens is 254 g/mol. The molecule has 0 aliphatic carbocycles. The highest BCUT2D eigenvalue weighted by atomic mass is 32.1. The molecule has 1 aromatic rings. The van der Waals surface area contributed by atoms with E-state index in [0.717, 1.165) is 25.6 Å². The Bertz CT molecular complexity index is 364. The van der Waals surface area contributed by atoms with Gasteiger partial charge in [-0.05, 0) is 52.2 Å². The number of likely N-dealkylation sites (tertiary alicyclic amines) is 1. The molecule has 1 aliphatic rings. The zero-order chi connectivity index (χ0) is 13.5. The van der Waals surface area contributed by atoms with Crippen LogP contribution in [-0.4, -0.2) is 35.6 Å². The van der Waals surface area contributed by atoms with Crippen molar-refractivity contribution in [3.8, 4) is 0 Å². The van der Waals surface area contributed by atoms with E-state index >= 15 is 0 Å². The molecule has 1 aliphatic heterocycles. The van der Waals surface area contributed by atoms with Gasteiger partial charge in [0, 0.05) is 23.7 Å². The Balaban J connectivity index is 1.56. The Morgan fingerprint density at radius 2 is 2.37 bits per heavy atom. The molecule has 1 fully saturated rings. The van der Waals surface area contributed by atoms with Gasteiger partial charge in [-0.2, -0.15) is 0 Å². The number of hydrogen-bond acceptors (Lipinski definition) is 4. The minimum atomic E-state index is 0.794. The van der Waals surface area contributed by atoms with Crippen LogP contribution in [0.4, 0.5) is 0 Å². The Kier molecular flexibility index (Phi) is 6.28. The molecule has 1 atom stereocenters. The summed E-state index contributed by atoms with van der Waals surface area (Å²) in [6.45, 7) is 9.18. The van der Waals surface area contributed by atoms with Gasteiger partial charge < -0.3 is 10.2 Å². The number of nitrogens with zero attached hydrogens (tertiary/aromatic N) is 2. The summed E-state index contributed by atoms with van der Waals surface area (Å²) < 4.78 is 0. The first kappa shape index (κ1) is 14.9. The first-order valence-corrected chi connectivity index (χ1v) is 8.49. The number of piperidine rings is 1. The van der Waals surface area contributed by atoms with Crippen molar-refractivity contribution in [1.82, 2.24) is 15.2 Å². The van der Waals surface area contributed by atoms with E-state index < -0.39 is 0 Å². The number of aromatic nitrogens is 1. The van der Waals surface area contributed by atoms with Crippen LogP contribution in [0.3, 0.4) is 0 Å². The van der Waals surface area contributed by atoms with Crippen LogP contribution in [0.5, 0.6) is 0 Å². The van der Waals surface area contributed by atoms with Gasteiger partial charge in [0.1, 0.15) is 0 Å². The van der Waals surface area contributed by atoms with E-state index in [4.69, 9.17) is 0 Å². The van der Waals surface area contributed by atoms with E-state index in [1.54, 1.807) is 0 Å². The van der Waals surface area contributed by atoms with Crippen molar-refractivity contribution in [2.45, 2.75) is 58.5 Å². The number of nitrogens with one attached hydrogen (secondary N) is 1. The number of hydrogen-bond donors (Lipinski definition) is 1. The molecule has 1 unspecified atom stereocenters. The average Bonchev–Trinajstić information content (AvgIpc) is 2.88. The number of aryl methyl sites for hydroxylation is 1. The maximum Gasteiger partial charge on any atom is 0.0925 e. The summed E-state index contributed by atoms with van der Waals surface area (Å²) >= 11 is 1.84. The molecule has 0 saturated carbocycles. The van der Waals surface area contributed by atoms with Crippen LogP contribution in [0.25, 0.3) is 0 Å². The fraction of sp³-hybridized carbons (Fsp3) is 0.800. The van der Waals surface area contributed by atoms with Crippen molar-refractivity contribution >= 4 is 11.3 Å². The van der Waals surface area contributed by atoms with Gasteiger partial charge in [0.05, 0.1) is 5.01 Å². The van der Waals surface area contributed by atoms with Gasteiger partial charge in [-0.25, -0.2) is 4.98 Å². The van der Waals surface area contributed by atoms with Crippen LogP contribution in [0.1, 0.15) is 49.4 Å². The normalized spacial score (nSPS) is 20.8. The van der Waals surface area contributed by atoms with Crippen molar-refractivity contribution < 1.29 is 0 Å². The maximum absolute atomic E-state index is 4.39. The highest BCUT2D eigenvalue weighted by molar-refractivity contribution is 7.11. The second-order valence-electron chi connectivity index (χ2n) is 5.48. The molecule has 1 aromatic heterocycles. The van der Waals surface area contributed by atoms with E-state index in [1.165, 1.54) is 48.7 Å². The minimum absolute atomic E-state index is 0.794. The molecule has 19 heavy (non-hydrogen) atoms. The summed E-state index contributed by atoms with van der Waals surface area (Å²) in [6.07, 6.45) is 8.51. The lowest BCUT2D eigenvalue weighted by Gasteiger charge is -2.33. The van der Waals surface area contributed by atoms with Gasteiger partial charge in [0.25, 0.3) is 0 Å². The van der Waals surface area contributed by atoms with Gasteiger partial charge in [-0.15, -0.1) is 11.3 Å². The zero-order valence-corrected chi connectivity index (χ0v) is 13.1. The topological polar surface area (TPSA) is 28.2 Å². The van der Waals surface area contributed by atoms with Crippen molar-refractivity contribution in [2.24, 2.45) is 0 Å². The first-order chi connectivity index (χ1) is 9.29. The van der Waals surface area contributed by atoms with E-state index in [1.807, 2.05) is 17.5 Å². The molecule has 2 rings (SSSR count). The zero-order valence-electron chi connectivity index (χ0n) is 12.3. The standard InChI is InChI=1S/C15H27N3S/c1-3-15-17-12-14(19-15)11-16-8-6-10-18-9-5-4-7-13(18)2/h12-13,16H,3-11H2,1-2H3. The Morgan fingerprint density at radius 1 is 1.47 bits per heavy atom. The third kappa shape index (κ3) is 4.86. The second kappa shape index (κ2) is 7.98. The second-order valence-corrected chi connectivity index (χ2v) is 6.68. The molecule has 0 aromatic carbocycles. The lowest BCUT2D eigenvalue weighted by atomic mass is 10.0. The third-order valence-corrected chi connectivity index (χ3v) is 5.08. The van der Waals surface area contributed by atoms with E-state index in [0.29, 0.717) is 0 Å². The van der Waals surface area contributed by atoms with Crippen LogP contribution < -0.4 is 5.32 Å². The molecule has 0 amide bonds. The number of thiazole rings is 1. The van der Waals surface area contributed by atoms with E-state index in [9.17, 15) is 0 Å². The molecule has 2 heterocycles. The highest BCUT2D eigenvalue weighted by Crippen LogP contribution is 2.16. The molecule has 108 valence electrons. The lowest BCUT2D eigenvalue weighted by Crippen LogP contribution is -2.38. The van der Waals surface area contributed by atoms with Crippen LogP contribution in [0, 0.1) is 0 Å². The smallest absolute Gasteiger partial charge is 0.0925 e. The van der Waals surface area contributed by atoms with Crippen LogP contribution in [0.15, 0.2) is 6.20 Å². The quantitative estimate of drug-likeness (QED) is 0.779. The van der Waals surface area contributed by atoms with Gasteiger partial charge in [-0.3, -0.25) is 0 Å². The largest absolute Gasteiger partial charge is 0.312 e. The average molecular weight is 281 g/mol. The lowest BCUT2D eigenvalue weighted by molar-refractivity contribution is 0.159. The third-order valence-electron chi connectivity index (χ3n) is 3.94. The SMILES string of the molecule is CCc1ncc(CNCCCN2CCCCC2C)s1. The summed E-state index contributed by atoms with van der Waals surface area (Å²) in [7, 11) is 0. The summed E-state index contributed by atoms with van der Waals surface area (Å²) in [5.41, 5.74) is 0. The Morgan fingerprint density at radius 3 is 3.11 bits per heavy atom. The summed E-state index contributed by atoms with van der Waals surface area (Å²) in [4.78, 5) is 8.40. The monoisotopic (exact) mass is 281 g/mol.